The molecule has 1 aromatic heterocycles. The number of hydrogen-bond donors (Lipinski definition) is 1. The Balaban J connectivity index is 1.31. The molecule has 0 spiro atoms. The van der Waals surface area contributed by atoms with Crippen molar-refractivity contribution in [1.29, 1.82) is 0 Å². The highest BCUT2D eigenvalue weighted by Gasteiger charge is 2.40. The van der Waals surface area contributed by atoms with Gasteiger partial charge in [-0.3, -0.25) is 4.79 Å². The summed E-state index contributed by atoms with van der Waals surface area (Å²) >= 11 is 3.12. The summed E-state index contributed by atoms with van der Waals surface area (Å²) in [4.78, 5) is 13.4. The van der Waals surface area contributed by atoms with Crippen LogP contribution in [0.3, 0.4) is 0 Å². The highest BCUT2D eigenvalue weighted by Crippen LogP contribution is 2.49. The van der Waals surface area contributed by atoms with Gasteiger partial charge in [-0.1, -0.05) is 29.5 Å². The molecule has 23 heavy (non-hydrogen) atoms. The number of carbonyl (C=O) groups excluding carboxylic acids is 1. The van der Waals surface area contributed by atoms with E-state index in [2.05, 4.69) is 15.5 Å². The average molecular weight is 345 g/mol. The lowest BCUT2D eigenvalue weighted by atomic mass is 9.86. The molecule has 1 N–H and O–H groups in total. The van der Waals surface area contributed by atoms with E-state index < -0.39 is 0 Å². The first kappa shape index (κ1) is 15.1. The lowest BCUT2D eigenvalue weighted by Gasteiger charge is -2.20. The maximum Gasteiger partial charge on any atom is 0.224 e. The molecule has 120 valence electrons. The molecule has 4 rings (SSSR count). The highest BCUT2D eigenvalue weighted by molar-refractivity contribution is 8.01. The lowest BCUT2D eigenvalue weighted by Crippen LogP contribution is -2.20. The van der Waals surface area contributed by atoms with Gasteiger partial charge in [0.2, 0.25) is 5.91 Å². The van der Waals surface area contributed by atoms with E-state index in [-0.39, 0.29) is 5.91 Å². The van der Waals surface area contributed by atoms with E-state index in [1.54, 1.807) is 17.3 Å². The minimum absolute atomic E-state index is 0.159. The monoisotopic (exact) mass is 345 g/mol. The zero-order valence-corrected chi connectivity index (χ0v) is 14.4. The van der Waals surface area contributed by atoms with Crippen LogP contribution in [-0.4, -0.2) is 16.1 Å². The second-order valence-electron chi connectivity index (χ2n) is 6.52. The van der Waals surface area contributed by atoms with Gasteiger partial charge >= 0.3 is 0 Å². The maximum absolute atomic E-state index is 12.3. The van der Waals surface area contributed by atoms with Crippen LogP contribution in [0.25, 0.3) is 0 Å². The minimum Gasteiger partial charge on any atom is -0.326 e. The Morgan fingerprint density at radius 3 is 2.78 bits per heavy atom. The summed E-state index contributed by atoms with van der Waals surface area (Å²) in [6.45, 7) is 0. The van der Waals surface area contributed by atoms with E-state index >= 15 is 0 Å². The molecule has 0 radical (unpaired) electrons. The number of nitrogens with one attached hydrogen (secondary N) is 1. The third-order valence-electron chi connectivity index (χ3n) is 5.02. The Bertz CT molecular complexity index is 672. The molecule has 2 aliphatic rings. The fourth-order valence-corrected chi connectivity index (χ4v) is 5.44. The molecule has 4 nitrogen and oxygen atoms in total. The van der Waals surface area contributed by atoms with Gasteiger partial charge in [-0.2, -0.15) is 0 Å². The van der Waals surface area contributed by atoms with Gasteiger partial charge in [-0.25, -0.2) is 0 Å². The summed E-state index contributed by atoms with van der Waals surface area (Å²) in [6, 6.07) is 7.95. The smallest absolute Gasteiger partial charge is 0.224 e. The summed E-state index contributed by atoms with van der Waals surface area (Å²) in [5.41, 5.74) is 2.60. The maximum atomic E-state index is 12.3. The normalized spacial score (nSPS) is 25.7. The van der Waals surface area contributed by atoms with E-state index in [0.717, 1.165) is 26.8 Å². The van der Waals surface area contributed by atoms with Gasteiger partial charge in [0.1, 0.15) is 5.51 Å². The lowest BCUT2D eigenvalue weighted by molar-refractivity contribution is -0.117. The van der Waals surface area contributed by atoms with Gasteiger partial charge in [0.15, 0.2) is 4.34 Å². The molecule has 6 heteroatoms. The van der Waals surface area contributed by atoms with Crippen LogP contribution in [0, 0.1) is 17.8 Å². The summed E-state index contributed by atoms with van der Waals surface area (Å²) < 4.78 is 0.929. The quantitative estimate of drug-likeness (QED) is 0.869. The summed E-state index contributed by atoms with van der Waals surface area (Å²) in [5, 5.41) is 10.9. The number of benzene rings is 1. The highest BCUT2D eigenvalue weighted by atomic mass is 32.2. The fraction of sp³-hybridized carbons (Fsp3) is 0.471. The van der Waals surface area contributed by atoms with Gasteiger partial charge in [0.25, 0.3) is 0 Å². The topological polar surface area (TPSA) is 54.9 Å². The SMILES string of the molecule is O=C(C[C@@H]1C[C@H]2CC[C@H]1C2)Nc1ccc(Sc2nncs2)cc1. The molecule has 2 bridgehead atoms. The van der Waals surface area contributed by atoms with Gasteiger partial charge in [-0.05, 0) is 61.3 Å². The van der Waals surface area contributed by atoms with Crippen molar-refractivity contribution in [2.45, 2.75) is 41.3 Å². The molecular formula is C17H19N3OS2. The van der Waals surface area contributed by atoms with Crippen LogP contribution in [0.5, 0.6) is 0 Å². The zero-order valence-electron chi connectivity index (χ0n) is 12.8. The van der Waals surface area contributed by atoms with Gasteiger partial charge < -0.3 is 5.32 Å². The van der Waals surface area contributed by atoms with Crippen LogP contribution in [0.1, 0.15) is 32.1 Å². The summed E-state index contributed by atoms with van der Waals surface area (Å²) in [6.07, 6.45) is 6.02. The molecule has 0 aliphatic heterocycles. The molecule has 3 atom stereocenters. The van der Waals surface area contributed by atoms with Crippen LogP contribution >= 0.6 is 23.1 Å². The Labute approximate surface area is 144 Å². The van der Waals surface area contributed by atoms with Crippen molar-refractivity contribution in [2.75, 3.05) is 5.32 Å². The Morgan fingerprint density at radius 1 is 1.26 bits per heavy atom. The number of amides is 1. The molecule has 1 aromatic carbocycles. The third-order valence-corrected chi connectivity index (χ3v) is 6.80. The van der Waals surface area contributed by atoms with Gasteiger partial charge in [-0.15, -0.1) is 10.2 Å². The molecule has 0 unspecified atom stereocenters. The second-order valence-corrected chi connectivity index (χ2v) is 8.67. The van der Waals surface area contributed by atoms with E-state index in [4.69, 9.17) is 0 Å². The van der Waals surface area contributed by atoms with Crippen molar-refractivity contribution in [3.05, 3.63) is 29.8 Å². The molecule has 1 amide bonds. The first-order valence-corrected chi connectivity index (χ1v) is 9.80. The number of nitrogens with zero attached hydrogens (tertiary/aromatic N) is 2. The first-order chi connectivity index (χ1) is 11.3. The average Bonchev–Trinajstić information content (AvgIpc) is 3.27. The van der Waals surface area contributed by atoms with Crippen molar-refractivity contribution in [2.24, 2.45) is 17.8 Å². The Morgan fingerprint density at radius 2 is 2.13 bits per heavy atom. The van der Waals surface area contributed by atoms with Crippen molar-refractivity contribution in [1.82, 2.24) is 10.2 Å². The molecular weight excluding hydrogens is 326 g/mol. The standard InChI is InChI=1S/C17H19N3OS2/c21-16(9-13-8-11-1-2-12(13)7-11)19-14-3-5-15(6-4-14)23-17-20-18-10-22-17/h3-6,10-13H,1-2,7-9H2,(H,19,21)/t11-,12-,13-/m0/s1. The third kappa shape index (κ3) is 3.58. The molecule has 2 saturated carbocycles. The number of carbonyl (C=O) groups is 1. The number of rotatable bonds is 5. The number of anilines is 1. The predicted octanol–water partition coefficient (Wildman–Crippen LogP) is 4.45. The minimum atomic E-state index is 0.159. The van der Waals surface area contributed by atoms with Crippen LogP contribution in [-0.2, 0) is 4.79 Å². The van der Waals surface area contributed by atoms with E-state index in [1.807, 2.05) is 24.3 Å². The van der Waals surface area contributed by atoms with Gasteiger partial charge in [0, 0.05) is 17.0 Å². The first-order valence-electron chi connectivity index (χ1n) is 8.10. The van der Waals surface area contributed by atoms with Crippen LogP contribution < -0.4 is 5.32 Å². The Hall–Kier alpha value is -1.40. The predicted molar refractivity (Wildman–Crippen MR) is 92.7 cm³/mol. The van der Waals surface area contributed by atoms with Crippen molar-refractivity contribution in [3.8, 4) is 0 Å². The Kier molecular flexibility index (Phi) is 4.35. The fourth-order valence-electron chi connectivity index (χ4n) is 3.99. The number of fused-ring (bicyclic) bond motifs is 2. The van der Waals surface area contributed by atoms with E-state index in [1.165, 1.54) is 37.0 Å². The summed E-state index contributed by atoms with van der Waals surface area (Å²) in [5.74, 6) is 2.47. The molecule has 1 heterocycles. The molecule has 0 saturated heterocycles. The van der Waals surface area contributed by atoms with Crippen LogP contribution in [0.2, 0.25) is 0 Å². The zero-order chi connectivity index (χ0) is 15.6. The number of aromatic nitrogens is 2. The van der Waals surface area contributed by atoms with Crippen LogP contribution in [0.15, 0.2) is 39.0 Å². The van der Waals surface area contributed by atoms with E-state index in [0.29, 0.717) is 12.3 Å². The van der Waals surface area contributed by atoms with Crippen molar-refractivity contribution in [3.63, 3.8) is 0 Å². The van der Waals surface area contributed by atoms with Crippen molar-refractivity contribution >= 4 is 34.7 Å². The van der Waals surface area contributed by atoms with E-state index in [9.17, 15) is 4.79 Å². The molecule has 2 aliphatic carbocycles. The molecule has 2 aromatic rings. The summed E-state index contributed by atoms with van der Waals surface area (Å²) in [7, 11) is 0. The van der Waals surface area contributed by atoms with Crippen LogP contribution in [0.4, 0.5) is 5.69 Å². The largest absolute Gasteiger partial charge is 0.326 e. The molecule has 2 fully saturated rings. The van der Waals surface area contributed by atoms with Gasteiger partial charge in [0.05, 0.1) is 0 Å². The van der Waals surface area contributed by atoms with Crippen molar-refractivity contribution < 1.29 is 4.79 Å². The number of hydrogen-bond acceptors (Lipinski definition) is 5. The second kappa shape index (κ2) is 6.61.